The van der Waals surface area contributed by atoms with Gasteiger partial charge in [0.25, 0.3) is 0 Å². The van der Waals surface area contributed by atoms with Crippen molar-refractivity contribution in [3.05, 3.63) is 42.6 Å². The van der Waals surface area contributed by atoms with Crippen molar-refractivity contribution >= 4 is 35.9 Å². The number of furan rings is 1. The lowest BCUT2D eigenvalue weighted by Gasteiger charge is -2.37. The highest BCUT2D eigenvalue weighted by atomic mass is 127. The molecule has 1 unspecified atom stereocenters. The highest BCUT2D eigenvalue weighted by molar-refractivity contribution is 14.0. The zero-order chi connectivity index (χ0) is 18.4. The Kier molecular flexibility index (Phi) is 8.29. The molecule has 0 amide bonds. The zero-order valence-corrected chi connectivity index (χ0v) is 18.4. The van der Waals surface area contributed by atoms with E-state index in [1.807, 2.05) is 25.2 Å². The van der Waals surface area contributed by atoms with Crippen LogP contribution in [-0.4, -0.2) is 79.6 Å². The second kappa shape index (κ2) is 10.5. The van der Waals surface area contributed by atoms with Gasteiger partial charge in [0.05, 0.1) is 12.3 Å². The number of anilines is 1. The first-order valence-corrected chi connectivity index (χ1v) is 8.86. The molecule has 0 radical (unpaired) electrons. The van der Waals surface area contributed by atoms with Crippen molar-refractivity contribution in [2.24, 2.45) is 4.99 Å². The number of nitrogens with one attached hydrogen (secondary N) is 1. The summed E-state index contributed by atoms with van der Waals surface area (Å²) in [6.07, 6.45) is 5.28. The molecule has 2 aromatic rings. The fourth-order valence-electron chi connectivity index (χ4n) is 3.11. The molecule has 0 aromatic carbocycles. The van der Waals surface area contributed by atoms with Crippen LogP contribution in [0.25, 0.3) is 0 Å². The smallest absolute Gasteiger partial charge is 0.225 e. The molecule has 148 valence electrons. The van der Waals surface area contributed by atoms with E-state index in [-0.39, 0.29) is 30.0 Å². The minimum Gasteiger partial charge on any atom is -0.468 e. The first kappa shape index (κ1) is 21.4. The second-order valence-corrected chi connectivity index (χ2v) is 6.45. The monoisotopic (exact) mass is 485 g/mol. The van der Waals surface area contributed by atoms with Gasteiger partial charge in [-0.2, -0.15) is 0 Å². The highest BCUT2D eigenvalue weighted by Crippen LogP contribution is 2.18. The molecular weight excluding hydrogens is 457 g/mol. The fourth-order valence-corrected chi connectivity index (χ4v) is 3.11. The Morgan fingerprint density at radius 3 is 2.48 bits per heavy atom. The summed E-state index contributed by atoms with van der Waals surface area (Å²) in [5.41, 5.74) is 0. The van der Waals surface area contributed by atoms with E-state index < -0.39 is 0 Å². The first-order chi connectivity index (χ1) is 12.7. The Morgan fingerprint density at radius 2 is 1.93 bits per heavy atom. The largest absolute Gasteiger partial charge is 0.468 e. The second-order valence-electron chi connectivity index (χ2n) is 6.45. The van der Waals surface area contributed by atoms with Gasteiger partial charge in [0.2, 0.25) is 5.95 Å². The van der Waals surface area contributed by atoms with Gasteiger partial charge < -0.3 is 19.5 Å². The third-order valence-electron chi connectivity index (χ3n) is 4.57. The van der Waals surface area contributed by atoms with Gasteiger partial charge in [-0.05, 0) is 32.3 Å². The summed E-state index contributed by atoms with van der Waals surface area (Å²) >= 11 is 0. The molecule has 1 saturated heterocycles. The predicted molar refractivity (Wildman–Crippen MR) is 118 cm³/mol. The standard InChI is InChI=1S/C18H27N7O.HI/c1-19-17(22-14-15(23(2)3)16-6-4-13-26-16)24-9-11-25(12-10-24)18-20-7-5-8-21-18;/h4-8,13,15H,9-12,14H2,1-3H3,(H,19,22);1H. The molecule has 27 heavy (non-hydrogen) atoms. The zero-order valence-electron chi connectivity index (χ0n) is 16.1. The molecule has 1 aliphatic heterocycles. The quantitative estimate of drug-likeness (QED) is 0.393. The van der Waals surface area contributed by atoms with Gasteiger partial charge in [0.1, 0.15) is 5.76 Å². The number of piperazine rings is 1. The van der Waals surface area contributed by atoms with Crippen molar-refractivity contribution < 1.29 is 4.42 Å². The van der Waals surface area contributed by atoms with Crippen molar-refractivity contribution in [1.82, 2.24) is 25.1 Å². The number of hydrogen-bond acceptors (Lipinski definition) is 6. The van der Waals surface area contributed by atoms with E-state index in [2.05, 4.69) is 49.1 Å². The molecule has 1 N–H and O–H groups in total. The summed E-state index contributed by atoms with van der Waals surface area (Å²) in [6.45, 7) is 4.24. The SMILES string of the molecule is CN=C(NCC(c1ccco1)N(C)C)N1CCN(c2ncccn2)CC1.I. The van der Waals surface area contributed by atoms with Crippen LogP contribution < -0.4 is 10.2 Å². The summed E-state index contributed by atoms with van der Waals surface area (Å²) in [6, 6.07) is 5.92. The molecule has 0 bridgehead atoms. The fraction of sp³-hybridized carbons (Fsp3) is 0.500. The van der Waals surface area contributed by atoms with Crippen LogP contribution in [0.1, 0.15) is 11.8 Å². The van der Waals surface area contributed by atoms with E-state index in [9.17, 15) is 0 Å². The molecule has 1 fully saturated rings. The van der Waals surface area contributed by atoms with Gasteiger partial charge in [0.15, 0.2) is 5.96 Å². The van der Waals surface area contributed by atoms with Crippen LogP contribution in [-0.2, 0) is 0 Å². The Balaban J connectivity index is 0.00000261. The molecule has 3 rings (SSSR count). The van der Waals surface area contributed by atoms with E-state index in [0.717, 1.165) is 50.4 Å². The Morgan fingerprint density at radius 1 is 1.22 bits per heavy atom. The van der Waals surface area contributed by atoms with Gasteiger partial charge in [-0.25, -0.2) is 9.97 Å². The normalized spacial score (nSPS) is 16.2. The topological polar surface area (TPSA) is 73.0 Å². The molecule has 3 heterocycles. The van der Waals surface area contributed by atoms with E-state index in [4.69, 9.17) is 4.42 Å². The van der Waals surface area contributed by atoms with Crippen molar-refractivity contribution in [3.63, 3.8) is 0 Å². The molecular formula is C18H28IN7O. The average molecular weight is 485 g/mol. The maximum Gasteiger partial charge on any atom is 0.225 e. The van der Waals surface area contributed by atoms with Crippen LogP contribution >= 0.6 is 24.0 Å². The van der Waals surface area contributed by atoms with Crippen LogP contribution in [0.5, 0.6) is 0 Å². The van der Waals surface area contributed by atoms with Crippen LogP contribution in [0, 0.1) is 0 Å². The van der Waals surface area contributed by atoms with E-state index >= 15 is 0 Å². The molecule has 1 aliphatic rings. The Hall–Kier alpha value is -1.88. The number of halogens is 1. The van der Waals surface area contributed by atoms with E-state index in [1.165, 1.54) is 0 Å². The van der Waals surface area contributed by atoms with Gasteiger partial charge in [-0.1, -0.05) is 0 Å². The van der Waals surface area contributed by atoms with E-state index in [0.29, 0.717) is 0 Å². The summed E-state index contributed by atoms with van der Waals surface area (Å²) in [7, 11) is 5.93. The number of hydrogen-bond donors (Lipinski definition) is 1. The van der Waals surface area contributed by atoms with Crippen LogP contribution in [0.4, 0.5) is 5.95 Å². The number of aliphatic imine (C=N–C) groups is 1. The maximum atomic E-state index is 5.58. The number of rotatable bonds is 5. The third kappa shape index (κ3) is 5.55. The number of nitrogens with zero attached hydrogens (tertiary/aromatic N) is 6. The van der Waals surface area contributed by atoms with Crippen molar-refractivity contribution in [2.75, 3.05) is 58.8 Å². The highest BCUT2D eigenvalue weighted by Gasteiger charge is 2.23. The third-order valence-corrected chi connectivity index (χ3v) is 4.57. The molecule has 2 aromatic heterocycles. The van der Waals surface area contributed by atoms with Gasteiger partial charge >= 0.3 is 0 Å². The molecule has 9 heteroatoms. The minimum absolute atomic E-state index is 0. The lowest BCUT2D eigenvalue weighted by molar-refractivity contribution is 0.255. The van der Waals surface area contributed by atoms with E-state index in [1.54, 1.807) is 18.7 Å². The summed E-state index contributed by atoms with van der Waals surface area (Å²) in [5, 5.41) is 3.49. The molecule has 0 spiro atoms. The predicted octanol–water partition coefficient (Wildman–Crippen LogP) is 1.69. The summed E-state index contributed by atoms with van der Waals surface area (Å²) in [5.74, 6) is 2.65. The van der Waals surface area contributed by atoms with Crippen molar-refractivity contribution in [1.29, 1.82) is 0 Å². The van der Waals surface area contributed by atoms with Gasteiger partial charge in [-0.3, -0.25) is 9.89 Å². The maximum absolute atomic E-state index is 5.58. The number of aromatic nitrogens is 2. The van der Waals surface area contributed by atoms with Gasteiger partial charge in [0, 0.05) is 52.2 Å². The number of guanidine groups is 1. The summed E-state index contributed by atoms with van der Waals surface area (Å²) in [4.78, 5) is 19.7. The summed E-state index contributed by atoms with van der Waals surface area (Å²) < 4.78 is 5.58. The van der Waals surface area contributed by atoms with Crippen LogP contribution in [0.15, 0.2) is 46.3 Å². The molecule has 1 atom stereocenters. The molecule has 8 nitrogen and oxygen atoms in total. The molecule has 0 aliphatic carbocycles. The van der Waals surface area contributed by atoms with Crippen LogP contribution in [0.3, 0.4) is 0 Å². The number of likely N-dealkylation sites (N-methyl/N-ethyl adjacent to an activating group) is 1. The lowest BCUT2D eigenvalue weighted by Crippen LogP contribution is -2.53. The first-order valence-electron chi connectivity index (χ1n) is 8.86. The van der Waals surface area contributed by atoms with Gasteiger partial charge in [-0.15, -0.1) is 24.0 Å². The van der Waals surface area contributed by atoms with Crippen molar-refractivity contribution in [3.8, 4) is 0 Å². The lowest BCUT2D eigenvalue weighted by atomic mass is 10.2. The minimum atomic E-state index is 0. The van der Waals surface area contributed by atoms with Crippen molar-refractivity contribution in [2.45, 2.75) is 6.04 Å². The molecule has 0 saturated carbocycles. The Bertz CT molecular complexity index is 685. The van der Waals surface area contributed by atoms with Crippen LogP contribution in [0.2, 0.25) is 0 Å². The average Bonchev–Trinajstić information content (AvgIpc) is 3.20. The Labute approximate surface area is 177 Å².